The number of thioether (sulfide) groups is 2. The van der Waals surface area contributed by atoms with Gasteiger partial charge in [0, 0.05) is 10.8 Å². The summed E-state index contributed by atoms with van der Waals surface area (Å²) in [5.74, 6) is 0.867. The standard InChI is InChI=1S/C6H6N2O2S2/c9-2-7-6(8-3-10)5-1-11-4-12-5/h5-6H,1,4H2. The molecule has 0 aliphatic carbocycles. The van der Waals surface area contributed by atoms with Crippen molar-refractivity contribution >= 4 is 35.7 Å². The predicted octanol–water partition coefficient (Wildman–Crippen LogP) is 0.790. The molecule has 1 heterocycles. The van der Waals surface area contributed by atoms with E-state index in [0.29, 0.717) is 0 Å². The minimum Gasteiger partial charge on any atom is -0.211 e. The van der Waals surface area contributed by atoms with Crippen LogP contribution in [-0.4, -0.2) is 34.4 Å². The van der Waals surface area contributed by atoms with E-state index in [1.165, 1.54) is 12.2 Å². The fourth-order valence-corrected chi connectivity index (χ4v) is 3.66. The van der Waals surface area contributed by atoms with Gasteiger partial charge in [-0.25, -0.2) is 9.59 Å². The summed E-state index contributed by atoms with van der Waals surface area (Å²) in [6, 6.07) is 0. The van der Waals surface area contributed by atoms with Crippen LogP contribution in [0.15, 0.2) is 9.98 Å². The van der Waals surface area contributed by atoms with Gasteiger partial charge in [-0.15, -0.1) is 23.5 Å². The van der Waals surface area contributed by atoms with E-state index in [-0.39, 0.29) is 5.25 Å². The maximum absolute atomic E-state index is 9.95. The maximum Gasteiger partial charge on any atom is 0.237 e. The van der Waals surface area contributed by atoms with Crippen molar-refractivity contribution in [2.75, 3.05) is 10.8 Å². The van der Waals surface area contributed by atoms with E-state index in [1.807, 2.05) is 0 Å². The third kappa shape index (κ3) is 2.50. The highest BCUT2D eigenvalue weighted by atomic mass is 32.2. The quantitative estimate of drug-likeness (QED) is 0.501. The molecule has 0 aromatic carbocycles. The van der Waals surface area contributed by atoms with E-state index in [2.05, 4.69) is 9.98 Å². The summed E-state index contributed by atoms with van der Waals surface area (Å²) in [6.45, 7) is 0. The van der Waals surface area contributed by atoms with E-state index in [9.17, 15) is 9.59 Å². The van der Waals surface area contributed by atoms with Gasteiger partial charge in [-0.05, 0) is 0 Å². The van der Waals surface area contributed by atoms with Crippen LogP contribution < -0.4 is 0 Å². The van der Waals surface area contributed by atoms with Gasteiger partial charge in [-0.2, -0.15) is 9.98 Å². The van der Waals surface area contributed by atoms with Gasteiger partial charge in [0.05, 0.1) is 5.25 Å². The first-order chi connectivity index (χ1) is 5.88. The lowest BCUT2D eigenvalue weighted by atomic mass is 10.4. The number of hydrogen-bond donors (Lipinski definition) is 0. The lowest BCUT2D eigenvalue weighted by Gasteiger charge is -2.08. The topological polar surface area (TPSA) is 58.9 Å². The Balaban J connectivity index is 2.63. The van der Waals surface area contributed by atoms with E-state index in [1.54, 1.807) is 23.5 Å². The van der Waals surface area contributed by atoms with Crippen LogP contribution in [0.25, 0.3) is 0 Å². The molecule has 1 unspecified atom stereocenters. The van der Waals surface area contributed by atoms with E-state index < -0.39 is 6.17 Å². The van der Waals surface area contributed by atoms with Crippen molar-refractivity contribution < 1.29 is 9.59 Å². The largest absolute Gasteiger partial charge is 0.237 e. The van der Waals surface area contributed by atoms with Gasteiger partial charge in [-0.1, -0.05) is 0 Å². The number of rotatable bonds is 3. The van der Waals surface area contributed by atoms with Gasteiger partial charge >= 0.3 is 0 Å². The molecule has 0 amide bonds. The van der Waals surface area contributed by atoms with Crippen molar-refractivity contribution in [3.63, 3.8) is 0 Å². The maximum atomic E-state index is 9.95. The van der Waals surface area contributed by atoms with Gasteiger partial charge in [0.25, 0.3) is 0 Å². The third-order valence-electron chi connectivity index (χ3n) is 1.35. The summed E-state index contributed by atoms with van der Waals surface area (Å²) in [6.07, 6.45) is 2.24. The summed E-state index contributed by atoms with van der Waals surface area (Å²) >= 11 is 3.39. The van der Waals surface area contributed by atoms with Crippen molar-refractivity contribution in [3.05, 3.63) is 0 Å². The number of nitrogens with zero attached hydrogens (tertiary/aromatic N) is 2. The lowest BCUT2D eigenvalue weighted by Crippen LogP contribution is -2.18. The predicted molar refractivity (Wildman–Crippen MR) is 48.7 cm³/mol. The normalized spacial score (nSPS) is 23.8. The Morgan fingerprint density at radius 2 is 2.00 bits per heavy atom. The van der Waals surface area contributed by atoms with Crippen LogP contribution in [0.2, 0.25) is 0 Å². The molecule has 0 aromatic heterocycles. The fraction of sp³-hybridized carbons (Fsp3) is 0.667. The molecule has 0 saturated carbocycles. The zero-order valence-corrected chi connectivity index (χ0v) is 7.73. The van der Waals surface area contributed by atoms with E-state index in [4.69, 9.17) is 0 Å². The summed E-state index contributed by atoms with van der Waals surface area (Å²) in [5.41, 5.74) is 0. The van der Waals surface area contributed by atoms with Gasteiger partial charge in [0.15, 0.2) is 6.17 Å². The Morgan fingerprint density at radius 3 is 2.42 bits per heavy atom. The van der Waals surface area contributed by atoms with Crippen molar-refractivity contribution in [3.8, 4) is 0 Å². The average Bonchev–Trinajstić information content (AvgIpc) is 2.56. The highest BCUT2D eigenvalue weighted by Gasteiger charge is 2.25. The van der Waals surface area contributed by atoms with Gasteiger partial charge in [0.1, 0.15) is 0 Å². The Hall–Kier alpha value is -0.540. The van der Waals surface area contributed by atoms with Crippen LogP contribution in [0.3, 0.4) is 0 Å². The summed E-state index contributed by atoms with van der Waals surface area (Å²) in [7, 11) is 0. The van der Waals surface area contributed by atoms with Crippen LogP contribution in [-0.2, 0) is 9.59 Å². The molecule has 6 heteroatoms. The van der Waals surface area contributed by atoms with Crippen LogP contribution >= 0.6 is 23.5 Å². The summed E-state index contributed by atoms with van der Waals surface area (Å²) in [5, 5.41) is 1.09. The number of aliphatic imine (C=N–C) groups is 2. The number of hydrogen-bond acceptors (Lipinski definition) is 6. The third-order valence-corrected chi connectivity index (χ3v) is 4.21. The molecule has 1 rings (SSSR count). The monoisotopic (exact) mass is 202 g/mol. The minimum atomic E-state index is -0.583. The first kappa shape index (κ1) is 9.55. The summed E-state index contributed by atoms with van der Waals surface area (Å²) in [4.78, 5) is 26.8. The van der Waals surface area contributed by atoms with Crippen LogP contribution in [0, 0.1) is 0 Å². The van der Waals surface area contributed by atoms with Crippen LogP contribution in [0.5, 0.6) is 0 Å². The molecule has 0 radical (unpaired) electrons. The van der Waals surface area contributed by atoms with Crippen molar-refractivity contribution in [1.29, 1.82) is 0 Å². The molecule has 4 nitrogen and oxygen atoms in total. The van der Waals surface area contributed by atoms with Gasteiger partial charge in [-0.3, -0.25) is 0 Å². The molecular weight excluding hydrogens is 196 g/mol. The van der Waals surface area contributed by atoms with Crippen molar-refractivity contribution in [2.24, 2.45) is 9.98 Å². The van der Waals surface area contributed by atoms with Crippen LogP contribution in [0.1, 0.15) is 0 Å². The zero-order chi connectivity index (χ0) is 8.81. The van der Waals surface area contributed by atoms with Gasteiger partial charge in [0.2, 0.25) is 12.2 Å². The molecule has 1 saturated heterocycles. The molecule has 1 fully saturated rings. The molecule has 1 aliphatic rings. The smallest absolute Gasteiger partial charge is 0.211 e. The molecule has 12 heavy (non-hydrogen) atoms. The Labute approximate surface area is 77.9 Å². The van der Waals surface area contributed by atoms with E-state index >= 15 is 0 Å². The number of carbonyl (C=O) groups excluding carboxylic acids is 2. The van der Waals surface area contributed by atoms with Gasteiger partial charge < -0.3 is 0 Å². The lowest BCUT2D eigenvalue weighted by molar-refractivity contribution is 0.549. The van der Waals surface area contributed by atoms with Crippen molar-refractivity contribution in [1.82, 2.24) is 0 Å². The second kappa shape index (κ2) is 5.17. The highest BCUT2D eigenvalue weighted by molar-refractivity contribution is 8.19. The zero-order valence-electron chi connectivity index (χ0n) is 6.10. The first-order valence-electron chi connectivity index (χ1n) is 3.22. The molecule has 0 N–H and O–H groups in total. The first-order valence-corrected chi connectivity index (χ1v) is 5.42. The molecule has 1 atom stereocenters. The second-order valence-corrected chi connectivity index (χ2v) is 4.67. The minimum absolute atomic E-state index is 0.123. The van der Waals surface area contributed by atoms with Crippen LogP contribution in [0.4, 0.5) is 0 Å². The molecular formula is C6H6N2O2S2. The van der Waals surface area contributed by atoms with Crippen molar-refractivity contribution in [2.45, 2.75) is 11.4 Å². The number of isocyanates is 2. The molecule has 64 valence electrons. The molecule has 0 spiro atoms. The molecule has 1 aliphatic heterocycles. The Kier molecular flexibility index (Phi) is 4.11. The SMILES string of the molecule is O=C=NC(N=C=O)C1CSCS1. The summed E-state index contributed by atoms with van der Waals surface area (Å²) < 4.78 is 0. The Bertz CT molecular complexity index is 222. The molecule has 0 bridgehead atoms. The fourth-order valence-electron chi connectivity index (χ4n) is 0.823. The highest BCUT2D eigenvalue weighted by Crippen LogP contribution is 2.32. The average molecular weight is 202 g/mol. The molecule has 0 aromatic rings. The Morgan fingerprint density at radius 1 is 1.33 bits per heavy atom. The van der Waals surface area contributed by atoms with E-state index in [0.717, 1.165) is 10.8 Å². The second-order valence-electron chi connectivity index (χ2n) is 2.05.